The minimum absolute atomic E-state index is 0.230. The Morgan fingerprint density at radius 2 is 1.75 bits per heavy atom. The number of ether oxygens (including phenoxy) is 3. The first-order valence-electron chi connectivity index (χ1n) is 8.32. The largest absolute Gasteiger partial charge is 0.497 e. The van der Waals surface area contributed by atoms with Crippen molar-refractivity contribution in [1.82, 2.24) is 0 Å². The SMILES string of the molecule is COc1ccc(C(=O)COC(=O)CN2C(=O)C(=O)c3ccccc32)c(OC)c1. The monoisotopic (exact) mass is 383 g/mol. The predicted octanol–water partition coefficient (Wildman–Crippen LogP) is 1.66. The maximum atomic E-state index is 12.3. The van der Waals surface area contributed by atoms with Crippen molar-refractivity contribution in [3.05, 3.63) is 53.6 Å². The van der Waals surface area contributed by atoms with Crippen molar-refractivity contribution in [1.29, 1.82) is 0 Å². The summed E-state index contributed by atoms with van der Waals surface area (Å²) in [6.07, 6.45) is 0. The van der Waals surface area contributed by atoms with E-state index in [4.69, 9.17) is 14.2 Å². The van der Waals surface area contributed by atoms with Crippen LogP contribution in [0.4, 0.5) is 5.69 Å². The molecule has 0 radical (unpaired) electrons. The second kappa shape index (κ2) is 7.91. The first kappa shape index (κ1) is 19.1. The third kappa shape index (κ3) is 3.57. The van der Waals surface area contributed by atoms with Gasteiger partial charge in [0.25, 0.3) is 11.7 Å². The highest BCUT2D eigenvalue weighted by Gasteiger charge is 2.36. The number of fused-ring (bicyclic) bond motifs is 1. The third-order valence-electron chi connectivity index (χ3n) is 4.24. The summed E-state index contributed by atoms with van der Waals surface area (Å²) >= 11 is 0. The zero-order chi connectivity index (χ0) is 20.3. The molecule has 0 aliphatic carbocycles. The lowest BCUT2D eigenvalue weighted by Crippen LogP contribution is -2.36. The van der Waals surface area contributed by atoms with Crippen LogP contribution in [0.3, 0.4) is 0 Å². The average Bonchev–Trinajstić information content (AvgIpc) is 2.96. The molecule has 2 aromatic carbocycles. The summed E-state index contributed by atoms with van der Waals surface area (Å²) in [6.45, 7) is -0.992. The van der Waals surface area contributed by atoms with Gasteiger partial charge in [-0.1, -0.05) is 12.1 Å². The van der Waals surface area contributed by atoms with E-state index in [1.165, 1.54) is 26.4 Å². The maximum absolute atomic E-state index is 12.3. The van der Waals surface area contributed by atoms with Gasteiger partial charge in [0.2, 0.25) is 5.78 Å². The molecule has 3 rings (SSSR count). The lowest BCUT2D eigenvalue weighted by molar-refractivity contribution is -0.141. The molecular weight excluding hydrogens is 366 g/mol. The lowest BCUT2D eigenvalue weighted by atomic mass is 10.1. The van der Waals surface area contributed by atoms with Gasteiger partial charge in [-0.2, -0.15) is 0 Å². The summed E-state index contributed by atoms with van der Waals surface area (Å²) < 4.78 is 15.2. The fourth-order valence-electron chi connectivity index (χ4n) is 2.83. The van der Waals surface area contributed by atoms with Gasteiger partial charge in [-0.3, -0.25) is 24.1 Å². The standard InChI is InChI=1S/C20H17NO7/c1-26-12-7-8-14(17(9-12)27-2)16(22)11-28-18(23)10-21-15-6-4-3-5-13(15)19(24)20(21)25/h3-9H,10-11H2,1-2H3. The molecular formula is C20H17NO7. The molecule has 0 atom stereocenters. The van der Waals surface area contributed by atoms with Crippen molar-refractivity contribution in [3.8, 4) is 11.5 Å². The van der Waals surface area contributed by atoms with E-state index in [0.29, 0.717) is 11.4 Å². The predicted molar refractivity (Wildman–Crippen MR) is 98.0 cm³/mol. The van der Waals surface area contributed by atoms with Crippen LogP contribution in [0.5, 0.6) is 11.5 Å². The molecule has 0 aromatic heterocycles. The number of carbonyl (C=O) groups is 4. The van der Waals surface area contributed by atoms with Crippen molar-refractivity contribution in [3.63, 3.8) is 0 Å². The molecule has 1 heterocycles. The number of hydrogen-bond acceptors (Lipinski definition) is 7. The Morgan fingerprint density at radius 1 is 1.00 bits per heavy atom. The molecule has 0 spiro atoms. The second-order valence-corrected chi connectivity index (χ2v) is 5.89. The normalized spacial score (nSPS) is 12.6. The zero-order valence-electron chi connectivity index (χ0n) is 15.3. The molecule has 144 valence electrons. The Kier molecular flexibility index (Phi) is 5.39. The summed E-state index contributed by atoms with van der Waals surface area (Å²) in [5.74, 6) is -1.96. The summed E-state index contributed by atoms with van der Waals surface area (Å²) in [5.41, 5.74) is 0.811. The van der Waals surface area contributed by atoms with E-state index < -0.39 is 36.6 Å². The zero-order valence-corrected chi connectivity index (χ0v) is 15.3. The van der Waals surface area contributed by atoms with Gasteiger partial charge in [0.1, 0.15) is 18.0 Å². The van der Waals surface area contributed by atoms with Gasteiger partial charge in [-0.25, -0.2) is 0 Å². The first-order chi connectivity index (χ1) is 13.5. The number of Topliss-reactive ketones (excluding diaryl/α,β-unsaturated/α-hetero) is 2. The molecule has 8 heteroatoms. The van der Waals surface area contributed by atoms with Gasteiger partial charge in [0.15, 0.2) is 6.61 Å². The molecule has 8 nitrogen and oxygen atoms in total. The van der Waals surface area contributed by atoms with Crippen LogP contribution in [0, 0.1) is 0 Å². The van der Waals surface area contributed by atoms with Gasteiger partial charge >= 0.3 is 5.97 Å². The highest BCUT2D eigenvalue weighted by atomic mass is 16.5. The van der Waals surface area contributed by atoms with Crippen LogP contribution >= 0.6 is 0 Å². The van der Waals surface area contributed by atoms with Crippen molar-refractivity contribution < 1.29 is 33.4 Å². The number of ketones is 2. The molecule has 0 unspecified atom stereocenters. The maximum Gasteiger partial charge on any atom is 0.326 e. The van der Waals surface area contributed by atoms with E-state index in [2.05, 4.69) is 0 Å². The minimum Gasteiger partial charge on any atom is -0.497 e. The number of nitrogens with zero attached hydrogens (tertiary/aromatic N) is 1. The smallest absolute Gasteiger partial charge is 0.326 e. The highest BCUT2D eigenvalue weighted by Crippen LogP contribution is 2.28. The summed E-state index contributed by atoms with van der Waals surface area (Å²) in [5, 5.41) is 0. The number of amides is 1. The van der Waals surface area contributed by atoms with Crippen molar-refractivity contribution in [2.75, 3.05) is 32.3 Å². The molecule has 1 aliphatic heterocycles. The fourth-order valence-corrected chi connectivity index (χ4v) is 2.83. The van der Waals surface area contributed by atoms with Gasteiger partial charge < -0.3 is 14.2 Å². The molecule has 0 saturated carbocycles. The van der Waals surface area contributed by atoms with Crippen molar-refractivity contribution in [2.24, 2.45) is 0 Å². The van der Waals surface area contributed by atoms with Gasteiger partial charge in [-0.05, 0) is 24.3 Å². The average molecular weight is 383 g/mol. The quantitative estimate of drug-likeness (QED) is 0.407. The van der Waals surface area contributed by atoms with E-state index in [9.17, 15) is 19.2 Å². The van der Waals surface area contributed by atoms with Gasteiger partial charge in [-0.15, -0.1) is 0 Å². The van der Waals surface area contributed by atoms with Gasteiger partial charge in [0.05, 0.1) is 31.0 Å². The molecule has 1 amide bonds. The van der Waals surface area contributed by atoms with E-state index in [1.807, 2.05) is 0 Å². The molecule has 0 saturated heterocycles. The Bertz CT molecular complexity index is 967. The highest BCUT2D eigenvalue weighted by molar-refractivity contribution is 6.52. The number of benzene rings is 2. The minimum atomic E-state index is -0.807. The number of rotatable bonds is 7. The molecule has 2 aromatic rings. The number of esters is 1. The number of carbonyl (C=O) groups excluding carboxylic acids is 4. The van der Waals surface area contributed by atoms with Crippen LogP contribution in [-0.2, 0) is 14.3 Å². The van der Waals surface area contributed by atoms with Crippen LogP contribution in [-0.4, -0.2) is 50.8 Å². The topological polar surface area (TPSA) is 99.2 Å². The van der Waals surface area contributed by atoms with Gasteiger partial charge in [0, 0.05) is 6.07 Å². The first-order valence-corrected chi connectivity index (χ1v) is 8.32. The molecule has 1 aliphatic rings. The van der Waals surface area contributed by atoms with Crippen LogP contribution < -0.4 is 14.4 Å². The molecule has 28 heavy (non-hydrogen) atoms. The molecule has 0 fully saturated rings. The number of anilines is 1. The second-order valence-electron chi connectivity index (χ2n) is 5.89. The molecule has 0 N–H and O–H groups in total. The summed E-state index contributed by atoms with van der Waals surface area (Å²) in [7, 11) is 2.89. The third-order valence-corrected chi connectivity index (χ3v) is 4.24. The lowest BCUT2D eigenvalue weighted by Gasteiger charge is -2.15. The van der Waals surface area contributed by atoms with E-state index in [-0.39, 0.29) is 16.9 Å². The van der Waals surface area contributed by atoms with E-state index in [1.54, 1.807) is 30.3 Å². The Morgan fingerprint density at radius 3 is 2.46 bits per heavy atom. The Balaban J connectivity index is 1.64. The van der Waals surface area contributed by atoms with Crippen LogP contribution in [0.2, 0.25) is 0 Å². The van der Waals surface area contributed by atoms with Crippen LogP contribution in [0.15, 0.2) is 42.5 Å². The number of methoxy groups -OCH3 is 2. The summed E-state index contributed by atoms with van der Waals surface area (Å²) in [6, 6.07) is 11.0. The summed E-state index contributed by atoms with van der Waals surface area (Å²) in [4.78, 5) is 49.5. The van der Waals surface area contributed by atoms with Crippen LogP contribution in [0.1, 0.15) is 20.7 Å². The van der Waals surface area contributed by atoms with Crippen LogP contribution in [0.25, 0.3) is 0 Å². The van der Waals surface area contributed by atoms with E-state index in [0.717, 1.165) is 4.90 Å². The molecule has 0 bridgehead atoms. The fraction of sp³-hybridized carbons (Fsp3) is 0.200. The number of para-hydroxylation sites is 1. The number of hydrogen-bond donors (Lipinski definition) is 0. The van der Waals surface area contributed by atoms with Crippen molar-refractivity contribution >= 4 is 29.1 Å². The van der Waals surface area contributed by atoms with Crippen molar-refractivity contribution in [2.45, 2.75) is 0 Å². The Labute approximate surface area is 160 Å². The Hall–Kier alpha value is -3.68. The van der Waals surface area contributed by atoms with E-state index >= 15 is 0 Å².